The first kappa shape index (κ1) is 22.0. The van der Waals surface area contributed by atoms with Crippen molar-refractivity contribution in [1.29, 1.82) is 0 Å². The van der Waals surface area contributed by atoms with Crippen molar-refractivity contribution >= 4 is 17.5 Å². The minimum Gasteiger partial charge on any atom is -0.501 e. The highest BCUT2D eigenvalue weighted by molar-refractivity contribution is 6.31. The molecule has 3 N–H and O–H groups in total. The molecule has 0 radical (unpaired) electrons. The van der Waals surface area contributed by atoms with Gasteiger partial charge in [-0.2, -0.15) is 0 Å². The molecule has 0 saturated carbocycles. The van der Waals surface area contributed by atoms with Crippen LogP contribution < -0.4 is 10.9 Å². The first-order chi connectivity index (χ1) is 15.4. The van der Waals surface area contributed by atoms with Gasteiger partial charge in [0.2, 0.25) is 5.75 Å². The Morgan fingerprint density at radius 2 is 1.84 bits per heavy atom. The predicted molar refractivity (Wildman–Crippen MR) is 124 cm³/mol. The maximum atomic E-state index is 12.6. The lowest BCUT2D eigenvalue weighted by molar-refractivity contribution is 0.0942. The normalized spacial score (nSPS) is 13.9. The Kier molecular flexibility index (Phi) is 6.58. The number of carbonyl (C=O) groups excluding carboxylic acids is 1. The lowest BCUT2D eigenvalue weighted by Crippen LogP contribution is -2.26. The van der Waals surface area contributed by atoms with Crippen LogP contribution in [0.25, 0.3) is 11.4 Å². The first-order valence-electron chi connectivity index (χ1n) is 10.6. The minimum atomic E-state index is -0.764. The number of nitrogens with zero attached hydrogens (tertiary/aromatic N) is 2. The summed E-state index contributed by atoms with van der Waals surface area (Å²) in [7, 11) is 0. The number of aromatic amines is 1. The van der Waals surface area contributed by atoms with Crippen LogP contribution in [0.2, 0.25) is 5.02 Å². The van der Waals surface area contributed by atoms with Crippen molar-refractivity contribution in [3.63, 3.8) is 0 Å². The van der Waals surface area contributed by atoms with Crippen LogP contribution in [0.15, 0.2) is 47.3 Å². The molecule has 166 valence electrons. The van der Waals surface area contributed by atoms with Crippen molar-refractivity contribution in [1.82, 2.24) is 20.2 Å². The number of aryl methyl sites for hydroxylation is 1. The number of carbonyl (C=O) groups is 1. The van der Waals surface area contributed by atoms with Gasteiger partial charge in [-0.1, -0.05) is 48.0 Å². The van der Waals surface area contributed by atoms with Gasteiger partial charge in [-0.25, -0.2) is 4.98 Å². The van der Waals surface area contributed by atoms with Crippen molar-refractivity contribution in [2.45, 2.75) is 32.9 Å². The molecule has 1 aliphatic heterocycles. The fourth-order valence-corrected chi connectivity index (χ4v) is 3.94. The van der Waals surface area contributed by atoms with E-state index in [9.17, 15) is 14.7 Å². The summed E-state index contributed by atoms with van der Waals surface area (Å²) in [6.45, 7) is 5.19. The largest absolute Gasteiger partial charge is 0.501 e. The second-order valence-electron chi connectivity index (χ2n) is 8.06. The van der Waals surface area contributed by atoms with Crippen LogP contribution in [0.5, 0.6) is 5.75 Å². The number of rotatable bonds is 6. The topological polar surface area (TPSA) is 98.3 Å². The third-order valence-corrected chi connectivity index (χ3v) is 6.04. The van der Waals surface area contributed by atoms with Gasteiger partial charge in [-0.15, -0.1) is 0 Å². The SMILES string of the molecule is Cc1ccc(CNC(=O)c2nc(-c3ccc(CN4CCCC4)cc3)[nH]c(=O)c2O)cc1Cl. The predicted octanol–water partition coefficient (Wildman–Crippen LogP) is 3.63. The zero-order valence-corrected chi connectivity index (χ0v) is 18.6. The van der Waals surface area contributed by atoms with E-state index in [0.29, 0.717) is 10.6 Å². The number of aromatic nitrogens is 2. The number of hydrogen-bond donors (Lipinski definition) is 3. The van der Waals surface area contributed by atoms with Crippen molar-refractivity contribution in [2.75, 3.05) is 13.1 Å². The highest BCUT2D eigenvalue weighted by Gasteiger charge is 2.19. The number of likely N-dealkylation sites (tertiary alicyclic amines) is 1. The Bertz CT molecular complexity index is 1180. The van der Waals surface area contributed by atoms with E-state index < -0.39 is 17.2 Å². The summed E-state index contributed by atoms with van der Waals surface area (Å²) in [5, 5.41) is 13.4. The van der Waals surface area contributed by atoms with Gasteiger partial charge < -0.3 is 15.4 Å². The Morgan fingerprint density at radius 1 is 1.16 bits per heavy atom. The summed E-state index contributed by atoms with van der Waals surface area (Å²) in [5.74, 6) is -1.12. The number of amides is 1. The van der Waals surface area contributed by atoms with Crippen LogP contribution in [0.3, 0.4) is 0 Å². The summed E-state index contributed by atoms with van der Waals surface area (Å²) in [6.07, 6.45) is 2.47. The van der Waals surface area contributed by atoms with Crippen LogP contribution >= 0.6 is 11.6 Å². The van der Waals surface area contributed by atoms with Gasteiger partial charge >= 0.3 is 0 Å². The maximum Gasteiger partial charge on any atom is 0.294 e. The van der Waals surface area contributed by atoms with Gasteiger partial charge in [0.25, 0.3) is 11.5 Å². The molecule has 2 aromatic carbocycles. The van der Waals surface area contributed by atoms with Crippen molar-refractivity contribution in [2.24, 2.45) is 0 Å². The minimum absolute atomic E-state index is 0.188. The molecule has 7 nitrogen and oxygen atoms in total. The van der Waals surface area contributed by atoms with Crippen molar-refractivity contribution in [3.05, 3.63) is 80.2 Å². The number of halogens is 1. The number of benzene rings is 2. The van der Waals surface area contributed by atoms with E-state index in [1.807, 2.05) is 43.3 Å². The molecule has 32 heavy (non-hydrogen) atoms. The van der Waals surface area contributed by atoms with Gasteiger partial charge in [0.15, 0.2) is 5.69 Å². The average molecular weight is 453 g/mol. The van der Waals surface area contributed by atoms with E-state index in [0.717, 1.165) is 30.8 Å². The Hall–Kier alpha value is -3.16. The Balaban J connectivity index is 1.51. The lowest BCUT2D eigenvalue weighted by Gasteiger charge is -2.14. The molecule has 0 spiro atoms. The van der Waals surface area contributed by atoms with E-state index in [2.05, 4.69) is 20.2 Å². The third kappa shape index (κ3) is 5.00. The van der Waals surface area contributed by atoms with Crippen LogP contribution in [0.1, 0.15) is 40.0 Å². The quantitative estimate of drug-likeness (QED) is 0.530. The molecule has 1 fully saturated rings. The van der Waals surface area contributed by atoms with Gasteiger partial charge in [0.05, 0.1) is 0 Å². The molecule has 0 bridgehead atoms. The lowest BCUT2D eigenvalue weighted by atomic mass is 10.1. The van der Waals surface area contributed by atoms with Gasteiger partial charge in [-0.05, 0) is 55.6 Å². The molecular formula is C24H25ClN4O3. The molecular weight excluding hydrogens is 428 g/mol. The average Bonchev–Trinajstić information content (AvgIpc) is 3.30. The van der Waals surface area contributed by atoms with Crippen LogP contribution in [-0.2, 0) is 13.1 Å². The summed E-state index contributed by atoms with van der Waals surface area (Å²) in [6, 6.07) is 13.2. The smallest absolute Gasteiger partial charge is 0.294 e. The van der Waals surface area contributed by atoms with E-state index in [1.54, 1.807) is 6.07 Å². The molecule has 1 saturated heterocycles. The van der Waals surface area contributed by atoms with Crippen LogP contribution in [0, 0.1) is 6.92 Å². The molecule has 1 aliphatic rings. The molecule has 0 aliphatic carbocycles. The van der Waals surface area contributed by atoms with Crippen molar-refractivity contribution < 1.29 is 9.90 Å². The van der Waals surface area contributed by atoms with Crippen molar-refractivity contribution in [3.8, 4) is 17.1 Å². The first-order valence-corrected chi connectivity index (χ1v) is 11.0. The molecule has 2 heterocycles. The van der Waals surface area contributed by atoms with E-state index in [4.69, 9.17) is 11.6 Å². The van der Waals surface area contributed by atoms with Gasteiger partial charge in [-0.3, -0.25) is 14.5 Å². The summed E-state index contributed by atoms with van der Waals surface area (Å²) >= 11 is 6.13. The van der Waals surface area contributed by atoms with Gasteiger partial charge in [0.1, 0.15) is 5.82 Å². The van der Waals surface area contributed by atoms with Crippen LogP contribution in [-0.4, -0.2) is 39.0 Å². The molecule has 0 atom stereocenters. The highest BCUT2D eigenvalue weighted by atomic mass is 35.5. The summed E-state index contributed by atoms with van der Waals surface area (Å²) < 4.78 is 0. The van der Waals surface area contributed by atoms with E-state index >= 15 is 0 Å². The fraction of sp³-hybridized carbons (Fsp3) is 0.292. The summed E-state index contributed by atoms with van der Waals surface area (Å²) in [5.41, 5.74) is 2.49. The molecule has 1 aromatic heterocycles. The van der Waals surface area contributed by atoms with Gasteiger partial charge in [0, 0.05) is 23.7 Å². The molecule has 1 amide bonds. The number of nitrogens with one attached hydrogen (secondary N) is 2. The maximum absolute atomic E-state index is 12.6. The zero-order valence-electron chi connectivity index (χ0n) is 17.8. The zero-order chi connectivity index (χ0) is 22.7. The van der Waals surface area contributed by atoms with Crippen LogP contribution in [0.4, 0.5) is 0 Å². The Morgan fingerprint density at radius 3 is 2.53 bits per heavy atom. The standard InChI is InChI=1S/C24H25ClN4O3/c1-15-4-5-17(12-19(15)25)13-26-23(31)20-21(30)24(32)28-22(27-20)18-8-6-16(7-9-18)14-29-10-2-3-11-29/h4-9,12,30H,2-3,10-11,13-14H2,1H3,(H,26,31)(H,27,28,32). The molecule has 0 unspecified atom stereocenters. The monoisotopic (exact) mass is 452 g/mol. The summed E-state index contributed by atoms with van der Waals surface area (Å²) in [4.78, 5) is 34.1. The second kappa shape index (κ2) is 9.54. The highest BCUT2D eigenvalue weighted by Crippen LogP contribution is 2.20. The molecule has 4 rings (SSSR count). The number of H-pyrrole nitrogens is 1. The number of hydrogen-bond acceptors (Lipinski definition) is 5. The molecule has 3 aromatic rings. The van der Waals surface area contributed by atoms with E-state index in [1.165, 1.54) is 18.4 Å². The fourth-order valence-electron chi connectivity index (χ4n) is 3.74. The number of aromatic hydroxyl groups is 1. The molecule has 8 heteroatoms. The third-order valence-electron chi connectivity index (χ3n) is 5.63. The van der Waals surface area contributed by atoms with E-state index in [-0.39, 0.29) is 18.1 Å². The Labute approximate surface area is 191 Å². The second-order valence-corrected chi connectivity index (χ2v) is 8.47.